The Morgan fingerprint density at radius 3 is 1.55 bits per heavy atom. The third kappa shape index (κ3) is 18.5. The van der Waals surface area contributed by atoms with Crippen LogP contribution in [0.4, 0.5) is 0 Å². The molecule has 3 heteroatoms. The molecule has 11 heavy (non-hydrogen) atoms. The Morgan fingerprint density at radius 1 is 0.909 bits per heavy atom. The van der Waals surface area contributed by atoms with Gasteiger partial charge < -0.3 is 5.48 Å². The second-order valence-corrected chi connectivity index (χ2v) is 6.74. The molecule has 0 aliphatic heterocycles. The second-order valence-electron chi connectivity index (χ2n) is 2.46. The molecule has 0 unspecified atom stereocenters. The van der Waals surface area contributed by atoms with Crippen LogP contribution in [0.25, 0.3) is 0 Å². The summed E-state index contributed by atoms with van der Waals surface area (Å²) >= 11 is 0.149. The van der Waals surface area contributed by atoms with Crippen LogP contribution in [0.5, 0.6) is 0 Å². The third-order valence-electron chi connectivity index (χ3n) is 1.41. The van der Waals surface area contributed by atoms with Crippen LogP contribution in [0.3, 0.4) is 0 Å². The van der Waals surface area contributed by atoms with Gasteiger partial charge in [0.25, 0.3) is 0 Å². The van der Waals surface area contributed by atoms with Gasteiger partial charge in [-0.25, -0.2) is 0 Å². The van der Waals surface area contributed by atoms with Gasteiger partial charge in [-0.1, -0.05) is 0 Å². The van der Waals surface area contributed by atoms with Crippen molar-refractivity contribution in [2.24, 2.45) is 0 Å². The summed E-state index contributed by atoms with van der Waals surface area (Å²) in [6.45, 7) is 4.58. The summed E-state index contributed by atoms with van der Waals surface area (Å²) in [7, 11) is 0. The van der Waals surface area contributed by atoms with E-state index in [4.69, 9.17) is 0 Å². The van der Waals surface area contributed by atoms with Gasteiger partial charge in [0.2, 0.25) is 0 Å². The predicted molar refractivity (Wildman–Crippen MR) is 57.3 cm³/mol. The van der Waals surface area contributed by atoms with Gasteiger partial charge in [-0.15, -0.1) is 0 Å². The van der Waals surface area contributed by atoms with Crippen LogP contribution >= 0.6 is 0 Å². The first kappa shape index (κ1) is 18.4. The minimum absolute atomic E-state index is 0. The average Bonchev–Trinajstić information content (AvgIpc) is 1.89. The van der Waals surface area contributed by atoms with Crippen molar-refractivity contribution in [1.82, 2.24) is 0 Å². The fraction of sp³-hybridized carbons (Fsp3) is 1.00. The first-order chi connectivity index (χ1) is 4.41. The van der Waals surface area contributed by atoms with Crippen molar-refractivity contribution in [2.75, 3.05) is 0 Å². The summed E-state index contributed by atoms with van der Waals surface area (Å²) < 4.78 is 3.25. The van der Waals surface area contributed by atoms with Crippen molar-refractivity contribution in [3.05, 3.63) is 0 Å². The van der Waals surface area contributed by atoms with Gasteiger partial charge in [-0.2, -0.15) is 0 Å². The van der Waals surface area contributed by atoms with E-state index >= 15 is 0 Å². The standard InChI is InChI=1S/2C4H9.H2O.2Sn.2H/c2*1-3-4-2;;;;;/h2*1,3-4H2,2H3;1H2;;;;. The number of hydrogen-bond acceptors (Lipinski definition) is 0. The monoisotopic (exact) mass is 374 g/mol. The molecule has 0 aromatic carbocycles. The van der Waals surface area contributed by atoms with Crippen molar-refractivity contribution in [3.8, 4) is 0 Å². The van der Waals surface area contributed by atoms with Crippen molar-refractivity contribution in [2.45, 2.75) is 48.4 Å². The quantitative estimate of drug-likeness (QED) is 0.499. The van der Waals surface area contributed by atoms with Gasteiger partial charge in [0, 0.05) is 0 Å². The molecule has 0 saturated heterocycles. The van der Waals surface area contributed by atoms with E-state index in [0.717, 1.165) is 0 Å². The van der Waals surface area contributed by atoms with Gasteiger partial charge in [-0.3, -0.25) is 0 Å². The maximum atomic E-state index is 2.29. The molecule has 1 nitrogen and oxygen atoms in total. The third-order valence-corrected chi connectivity index (χ3v) is 5.45. The molecule has 4 radical (unpaired) electrons. The molecule has 0 spiro atoms. The Hall–Kier alpha value is 1.56. The molecule has 0 saturated carbocycles. The molecule has 0 atom stereocenters. The van der Waals surface area contributed by atoms with E-state index in [2.05, 4.69) is 13.8 Å². The van der Waals surface area contributed by atoms with Gasteiger partial charge in [-0.05, 0) is 0 Å². The van der Waals surface area contributed by atoms with Crippen LogP contribution in [-0.4, -0.2) is 50.5 Å². The number of rotatable bonds is 6. The predicted octanol–water partition coefficient (Wildman–Crippen LogP) is 1.39. The van der Waals surface area contributed by atoms with E-state index in [-0.39, 0.29) is 50.5 Å². The number of hydrogen-bond donors (Lipinski definition) is 0. The van der Waals surface area contributed by atoms with E-state index in [1.165, 1.54) is 25.7 Å². The number of unbranched alkanes of at least 4 members (excludes halogenated alkanes) is 2. The fourth-order valence-electron chi connectivity index (χ4n) is 0.729. The van der Waals surface area contributed by atoms with E-state index in [0.29, 0.717) is 0 Å². The molecule has 0 fully saturated rings. The van der Waals surface area contributed by atoms with E-state index in [1.54, 1.807) is 8.87 Å². The average molecular weight is 372 g/mol. The first-order valence-electron chi connectivity index (χ1n) is 4.12. The summed E-state index contributed by atoms with van der Waals surface area (Å²) in [6.07, 6.45) is 5.84. The molecule has 0 bridgehead atoms. The molecule has 0 aliphatic rings. The minimum atomic E-state index is 0. The summed E-state index contributed by atoms with van der Waals surface area (Å²) in [5.41, 5.74) is 0. The molecule has 0 aromatic rings. The molecule has 0 amide bonds. The zero-order valence-corrected chi connectivity index (χ0v) is 14.8. The topological polar surface area (TPSA) is 31.5 Å². The SMILES string of the molecule is CCC[CH2][Sn][CH2]CCC.O.[SnH2]. The Kier molecular flexibility index (Phi) is 29.4. The summed E-state index contributed by atoms with van der Waals surface area (Å²) in [4.78, 5) is 0. The van der Waals surface area contributed by atoms with Crippen LogP contribution in [0.1, 0.15) is 39.5 Å². The van der Waals surface area contributed by atoms with Crippen LogP contribution in [0, 0.1) is 0 Å². The van der Waals surface area contributed by atoms with Crippen molar-refractivity contribution in [3.63, 3.8) is 0 Å². The van der Waals surface area contributed by atoms with Crippen molar-refractivity contribution >= 4 is 45.0 Å². The van der Waals surface area contributed by atoms with Gasteiger partial charge in [0.1, 0.15) is 0 Å². The normalized spacial score (nSPS) is 8.18. The molecule has 0 aliphatic carbocycles. The summed E-state index contributed by atoms with van der Waals surface area (Å²) in [5.74, 6) is 0. The van der Waals surface area contributed by atoms with Crippen molar-refractivity contribution in [1.29, 1.82) is 0 Å². The van der Waals surface area contributed by atoms with E-state index < -0.39 is 0 Å². The second kappa shape index (κ2) is 17.6. The molecule has 68 valence electrons. The van der Waals surface area contributed by atoms with E-state index in [9.17, 15) is 0 Å². The van der Waals surface area contributed by atoms with E-state index in [1.807, 2.05) is 0 Å². The zero-order valence-electron chi connectivity index (χ0n) is 7.95. The Labute approximate surface area is 98.2 Å². The van der Waals surface area contributed by atoms with Crippen LogP contribution in [-0.2, 0) is 0 Å². The van der Waals surface area contributed by atoms with Gasteiger partial charge in [0.05, 0.1) is 0 Å². The molecule has 2 N–H and O–H groups in total. The molecule has 0 heterocycles. The van der Waals surface area contributed by atoms with Gasteiger partial charge in [0.15, 0.2) is 0 Å². The van der Waals surface area contributed by atoms with Crippen molar-refractivity contribution < 1.29 is 5.48 Å². The summed E-state index contributed by atoms with van der Waals surface area (Å²) in [6, 6.07) is 0. The molecule has 0 rings (SSSR count). The Morgan fingerprint density at radius 2 is 1.27 bits per heavy atom. The van der Waals surface area contributed by atoms with Crippen LogP contribution < -0.4 is 0 Å². The maximum absolute atomic E-state index is 2.29. The fourth-order valence-corrected chi connectivity index (χ4v) is 4.89. The Bertz CT molecular complexity index is 45.4. The van der Waals surface area contributed by atoms with Crippen LogP contribution in [0.2, 0.25) is 8.87 Å². The molecule has 0 aromatic heterocycles. The first-order valence-corrected chi connectivity index (χ1v) is 8.16. The molecular weight excluding hydrogens is 350 g/mol. The van der Waals surface area contributed by atoms with Crippen LogP contribution in [0.15, 0.2) is 0 Å². The zero-order chi connectivity index (χ0) is 6.95. The molecular formula is C8H22OSn2. The summed E-state index contributed by atoms with van der Waals surface area (Å²) in [5, 5.41) is 0. The Balaban J connectivity index is -0.000000320. The van der Waals surface area contributed by atoms with Gasteiger partial charge >= 0.3 is 93.5 Å².